The minimum atomic E-state index is -1.00. The lowest BCUT2D eigenvalue weighted by molar-refractivity contribution is 0.0600. The highest BCUT2D eigenvalue weighted by atomic mass is 19.2. The summed E-state index contributed by atoms with van der Waals surface area (Å²) in [7, 11) is 1.21. The maximum absolute atomic E-state index is 13.8. The summed E-state index contributed by atoms with van der Waals surface area (Å²) in [5.74, 6) is -2.62. The van der Waals surface area contributed by atoms with Crippen LogP contribution < -0.4 is 5.32 Å². The number of benzene rings is 1. The third-order valence-corrected chi connectivity index (χ3v) is 3.21. The van der Waals surface area contributed by atoms with Crippen LogP contribution in [0.5, 0.6) is 0 Å². The predicted octanol–water partition coefficient (Wildman–Crippen LogP) is 2.22. The molecule has 98 valence electrons. The molecule has 0 radical (unpaired) electrons. The monoisotopic (exact) mass is 255 g/mol. The van der Waals surface area contributed by atoms with Crippen LogP contribution in [0.1, 0.15) is 34.7 Å². The molecule has 1 N–H and O–H groups in total. The lowest BCUT2D eigenvalue weighted by atomic mass is 9.90. The second-order valence-corrected chi connectivity index (χ2v) is 4.40. The van der Waals surface area contributed by atoms with E-state index in [4.69, 9.17) is 0 Å². The lowest BCUT2D eigenvalue weighted by Gasteiger charge is -2.24. The number of nitrogens with one attached hydrogen (secondary N) is 1. The van der Waals surface area contributed by atoms with Crippen molar-refractivity contribution in [3.05, 3.63) is 34.9 Å². The number of halogens is 2. The fourth-order valence-corrected chi connectivity index (χ4v) is 2.26. The normalized spacial score (nSPS) is 19.6. The van der Waals surface area contributed by atoms with E-state index in [1.54, 1.807) is 0 Å². The molecule has 1 aliphatic rings. The predicted molar refractivity (Wildman–Crippen MR) is 62.5 cm³/mol. The Hall–Kier alpha value is -1.49. The van der Waals surface area contributed by atoms with E-state index in [9.17, 15) is 13.6 Å². The number of rotatable bonds is 2. The molecule has 1 aliphatic heterocycles. The maximum atomic E-state index is 13.8. The number of methoxy groups -OCH3 is 1. The standard InChI is InChI=1S/C13H15F2NO2/c1-18-13(17)9-5-10(12(15)11(14)6-9)8-3-2-4-16-7-8/h5-6,8,16H,2-4,7H2,1H3. The first-order chi connectivity index (χ1) is 8.63. The first kappa shape index (κ1) is 13.0. The van der Waals surface area contributed by atoms with Gasteiger partial charge < -0.3 is 10.1 Å². The van der Waals surface area contributed by atoms with Gasteiger partial charge in [-0.25, -0.2) is 13.6 Å². The molecule has 18 heavy (non-hydrogen) atoms. The second-order valence-electron chi connectivity index (χ2n) is 4.40. The number of carbonyl (C=O) groups excluding carboxylic acids is 1. The highest BCUT2D eigenvalue weighted by Gasteiger charge is 2.23. The number of piperidine rings is 1. The van der Waals surface area contributed by atoms with Crippen LogP contribution in [0.15, 0.2) is 12.1 Å². The van der Waals surface area contributed by atoms with Crippen molar-refractivity contribution in [3.63, 3.8) is 0 Å². The van der Waals surface area contributed by atoms with Gasteiger partial charge in [-0.2, -0.15) is 0 Å². The molecule has 1 atom stereocenters. The summed E-state index contributed by atoms with van der Waals surface area (Å²) in [6.07, 6.45) is 1.70. The second kappa shape index (κ2) is 5.44. The van der Waals surface area contributed by atoms with Crippen LogP contribution in [-0.4, -0.2) is 26.2 Å². The van der Waals surface area contributed by atoms with Gasteiger partial charge in [-0.15, -0.1) is 0 Å². The van der Waals surface area contributed by atoms with Gasteiger partial charge in [0.1, 0.15) is 0 Å². The van der Waals surface area contributed by atoms with Crippen molar-refractivity contribution in [2.75, 3.05) is 20.2 Å². The van der Waals surface area contributed by atoms with Crippen molar-refractivity contribution in [2.24, 2.45) is 0 Å². The number of hydrogen-bond donors (Lipinski definition) is 1. The molecule has 1 aromatic carbocycles. The topological polar surface area (TPSA) is 38.3 Å². The Bertz CT molecular complexity index is 457. The largest absolute Gasteiger partial charge is 0.465 e. The van der Waals surface area contributed by atoms with Gasteiger partial charge in [0.05, 0.1) is 12.7 Å². The van der Waals surface area contributed by atoms with Gasteiger partial charge in [0.25, 0.3) is 0 Å². The van der Waals surface area contributed by atoms with Crippen LogP contribution in [0.25, 0.3) is 0 Å². The molecule has 0 aliphatic carbocycles. The van der Waals surface area contributed by atoms with Gasteiger partial charge in [-0.1, -0.05) is 0 Å². The minimum absolute atomic E-state index is 0.0528. The van der Waals surface area contributed by atoms with Crippen molar-refractivity contribution in [2.45, 2.75) is 18.8 Å². The molecule has 5 heteroatoms. The smallest absolute Gasteiger partial charge is 0.337 e. The molecule has 1 saturated heterocycles. The van der Waals surface area contributed by atoms with Crippen molar-refractivity contribution < 1.29 is 18.3 Å². The van der Waals surface area contributed by atoms with E-state index in [0.717, 1.165) is 25.5 Å². The summed E-state index contributed by atoms with van der Waals surface area (Å²) < 4.78 is 31.8. The molecule has 0 saturated carbocycles. The number of esters is 1. The molecule has 0 amide bonds. The Balaban J connectivity index is 2.38. The van der Waals surface area contributed by atoms with E-state index in [-0.39, 0.29) is 17.0 Å². The van der Waals surface area contributed by atoms with Gasteiger partial charge in [-0.05, 0) is 43.0 Å². The Morgan fingerprint density at radius 2 is 2.22 bits per heavy atom. The van der Waals surface area contributed by atoms with E-state index in [1.807, 2.05) is 0 Å². The van der Waals surface area contributed by atoms with Gasteiger partial charge in [0.2, 0.25) is 0 Å². The average molecular weight is 255 g/mol. The summed E-state index contributed by atoms with van der Waals surface area (Å²) in [6, 6.07) is 2.27. The fraction of sp³-hybridized carbons (Fsp3) is 0.462. The Morgan fingerprint density at radius 1 is 1.44 bits per heavy atom. The molecule has 1 heterocycles. The molecule has 0 spiro atoms. The third kappa shape index (κ3) is 2.51. The molecule has 3 nitrogen and oxygen atoms in total. The number of carbonyl (C=O) groups is 1. The van der Waals surface area contributed by atoms with Crippen LogP contribution >= 0.6 is 0 Å². The van der Waals surface area contributed by atoms with E-state index >= 15 is 0 Å². The number of hydrogen-bond acceptors (Lipinski definition) is 3. The molecular formula is C13H15F2NO2. The highest BCUT2D eigenvalue weighted by Crippen LogP contribution is 2.28. The van der Waals surface area contributed by atoms with Crippen molar-refractivity contribution in [1.29, 1.82) is 0 Å². The van der Waals surface area contributed by atoms with E-state index < -0.39 is 17.6 Å². The van der Waals surface area contributed by atoms with Crippen LogP contribution in [0.3, 0.4) is 0 Å². The molecule has 2 rings (SSSR count). The zero-order valence-corrected chi connectivity index (χ0v) is 10.1. The summed E-state index contributed by atoms with van der Waals surface area (Å²) in [5, 5.41) is 3.14. The third-order valence-electron chi connectivity index (χ3n) is 3.21. The zero-order chi connectivity index (χ0) is 13.1. The molecule has 1 aromatic rings. The fourth-order valence-electron chi connectivity index (χ4n) is 2.26. The highest BCUT2D eigenvalue weighted by molar-refractivity contribution is 5.89. The first-order valence-corrected chi connectivity index (χ1v) is 5.91. The van der Waals surface area contributed by atoms with Crippen LogP contribution in [0.2, 0.25) is 0 Å². The summed E-state index contributed by atoms with van der Waals surface area (Å²) in [5.41, 5.74) is 0.305. The van der Waals surface area contributed by atoms with Crippen molar-refractivity contribution in [3.8, 4) is 0 Å². The first-order valence-electron chi connectivity index (χ1n) is 5.91. The van der Waals surface area contributed by atoms with Crippen molar-refractivity contribution >= 4 is 5.97 Å². The molecule has 0 bridgehead atoms. The van der Waals surface area contributed by atoms with Gasteiger partial charge in [0.15, 0.2) is 11.6 Å². The summed E-state index contributed by atoms with van der Waals surface area (Å²) >= 11 is 0. The molecule has 1 fully saturated rings. The summed E-state index contributed by atoms with van der Waals surface area (Å²) in [4.78, 5) is 11.4. The molecule has 1 unspecified atom stereocenters. The minimum Gasteiger partial charge on any atom is -0.465 e. The van der Waals surface area contributed by atoms with E-state index in [2.05, 4.69) is 10.1 Å². The summed E-state index contributed by atoms with van der Waals surface area (Å²) in [6.45, 7) is 1.48. The average Bonchev–Trinajstić information content (AvgIpc) is 2.41. The quantitative estimate of drug-likeness (QED) is 0.823. The SMILES string of the molecule is COC(=O)c1cc(F)c(F)c(C2CCCNC2)c1. The van der Waals surface area contributed by atoms with E-state index in [0.29, 0.717) is 6.54 Å². The van der Waals surface area contributed by atoms with Gasteiger partial charge in [0, 0.05) is 6.54 Å². The van der Waals surface area contributed by atoms with Crippen LogP contribution in [0.4, 0.5) is 8.78 Å². The molecule has 0 aromatic heterocycles. The Morgan fingerprint density at radius 3 is 2.83 bits per heavy atom. The van der Waals surface area contributed by atoms with E-state index in [1.165, 1.54) is 13.2 Å². The van der Waals surface area contributed by atoms with Gasteiger partial charge in [-0.3, -0.25) is 0 Å². The maximum Gasteiger partial charge on any atom is 0.337 e. The van der Waals surface area contributed by atoms with Crippen LogP contribution in [-0.2, 0) is 4.74 Å². The van der Waals surface area contributed by atoms with Gasteiger partial charge >= 0.3 is 5.97 Å². The molecular weight excluding hydrogens is 240 g/mol. The lowest BCUT2D eigenvalue weighted by Crippen LogP contribution is -2.29. The van der Waals surface area contributed by atoms with Crippen molar-refractivity contribution in [1.82, 2.24) is 5.32 Å². The Labute approximate surface area is 104 Å². The zero-order valence-electron chi connectivity index (χ0n) is 10.1. The Kier molecular flexibility index (Phi) is 3.91. The number of ether oxygens (including phenoxy) is 1. The van der Waals surface area contributed by atoms with Crippen LogP contribution in [0, 0.1) is 11.6 Å².